The van der Waals surface area contributed by atoms with Gasteiger partial charge in [-0.1, -0.05) is 171 Å². The van der Waals surface area contributed by atoms with Crippen LogP contribution in [-0.2, 0) is 47.7 Å². The largest absolute Gasteiger partial charge is 0.463 e. The van der Waals surface area contributed by atoms with Crippen LogP contribution >= 0.6 is 34.9 Å². The molecule has 14 heterocycles. The van der Waals surface area contributed by atoms with Crippen molar-refractivity contribution in [2.45, 2.75) is 111 Å². The summed E-state index contributed by atoms with van der Waals surface area (Å²) in [6.07, 6.45) is 11.8. The smallest absolute Gasteiger partial charge is 0.337 e. The van der Waals surface area contributed by atoms with Crippen molar-refractivity contribution >= 4 is 149 Å². The Hall–Kier alpha value is -15.8. The highest BCUT2D eigenvalue weighted by molar-refractivity contribution is 7.00. The summed E-state index contributed by atoms with van der Waals surface area (Å²) in [7, 11) is 0. The summed E-state index contributed by atoms with van der Waals surface area (Å²) in [5.74, 6) is -0.0127. The van der Waals surface area contributed by atoms with Crippen LogP contribution in [0.2, 0.25) is 10.0 Å². The number of rotatable bonds is 21. The first-order chi connectivity index (χ1) is 65.1. The molecule has 676 valence electrons. The fraction of sp³-hybridized carbons (Fsp3) is 0.234. The molecule has 9 aromatic heterocycles. The number of nitrogens with zero attached hydrogens (tertiary/aromatic N) is 13. The number of hydrogen-bond acceptors (Lipinski definition) is 32. The van der Waals surface area contributed by atoms with Crippen molar-refractivity contribution in [3.8, 4) is 0 Å². The van der Waals surface area contributed by atoms with Gasteiger partial charge in [-0.3, -0.25) is 25.5 Å². The number of anilines is 5. The fourth-order valence-electron chi connectivity index (χ4n) is 17.2. The molecule has 0 saturated heterocycles. The Balaban J connectivity index is 0.000000116. The molecule has 0 fully saturated rings. The maximum Gasteiger partial charge on any atom is 0.337 e. The van der Waals surface area contributed by atoms with E-state index < -0.39 is 23.8 Å². The lowest BCUT2D eigenvalue weighted by Crippen LogP contribution is -2.25. The third kappa shape index (κ3) is 17.6. The number of aromatic nitrogens is 18. The number of benzene rings is 7. The fourth-order valence-corrected chi connectivity index (χ4v) is 18.1. The molecule has 5 atom stereocenters. The molecule has 0 aliphatic carbocycles. The Morgan fingerprint density at radius 1 is 0.331 bits per heavy atom. The zero-order valence-electron chi connectivity index (χ0n) is 72.9. The number of nitrogens with one attached hydrogen (secondary N) is 10. The number of carbonyl (C=O) groups is 5. The first kappa shape index (κ1) is 89.2. The Morgan fingerprint density at radius 2 is 0.647 bits per heavy atom. The van der Waals surface area contributed by atoms with Crippen molar-refractivity contribution < 1.29 is 61.5 Å². The van der Waals surface area contributed by atoms with Crippen LogP contribution in [0, 0.1) is 0 Å². The van der Waals surface area contributed by atoms with Gasteiger partial charge in [0.05, 0.1) is 155 Å². The molecule has 0 saturated carbocycles. The lowest BCUT2D eigenvalue weighted by molar-refractivity contribution is -0.139. The van der Waals surface area contributed by atoms with E-state index in [9.17, 15) is 24.0 Å². The van der Waals surface area contributed by atoms with Gasteiger partial charge in [0.15, 0.2) is 0 Å². The average Bonchev–Trinajstić information content (AvgIpc) is 1.48. The Kier molecular flexibility index (Phi) is 26.9. The van der Waals surface area contributed by atoms with E-state index in [0.29, 0.717) is 114 Å². The highest BCUT2D eigenvalue weighted by atomic mass is 35.5. The van der Waals surface area contributed by atoms with Crippen molar-refractivity contribution in [1.29, 1.82) is 0 Å². The Labute approximate surface area is 771 Å². The van der Waals surface area contributed by atoms with Gasteiger partial charge in [-0.25, -0.2) is 37.9 Å². The minimum atomic E-state index is -0.476. The molecule has 5 unspecified atom stereocenters. The van der Waals surface area contributed by atoms with Crippen LogP contribution in [0.4, 0.5) is 29.1 Å². The van der Waals surface area contributed by atoms with Gasteiger partial charge in [0.1, 0.15) is 73.2 Å². The van der Waals surface area contributed by atoms with Crippen molar-refractivity contribution in [2.24, 2.45) is 0 Å². The molecule has 0 radical (unpaired) electrons. The molecule has 21 rings (SSSR count). The van der Waals surface area contributed by atoms with Crippen molar-refractivity contribution in [3.63, 3.8) is 0 Å². The summed E-state index contributed by atoms with van der Waals surface area (Å²) in [4.78, 5) is 64.6. The standard InChI is InChI=1S/C21H17Cl2N3O2.C21H17N5O3.C18H19N5O3.C18H19N5O2S.C16H15N5O3/c1-2-28-21(27)17-16(13-9-6-10-15(22)18(13)23)14-11-24-26-20(14)25-19(17)12-7-4-3-5-8-12;1-2-28-21(27)17-16(13-9-6-10-15-19(13)26-29-25-15)14-11-22-24-20(14)23-18(17)12-7-4-3-5-8-12;2*1-3-6-12-15(18(24)25-4-2)14(11-9-19-21-17(11)20-12)10-7-5-8-13-16(10)23-26-22-13;1-3-23-16(22)12-8(2)18-15-10(7-17-19-15)13(12)9-5-4-6-11-14(9)21-24-20-11/h3-11,16H,2H2,1H3,(H2,24,25,26);3-11,16H,2H2,1H3,(H2,22,23,24);2*5,7-9,14H,3-4,6H2,1-2H3,(H2,19,20,21);4-7,13H,3H2,1-2H3,(H2,17,18,19). The number of ether oxygens (including phenoxy) is 5. The summed E-state index contributed by atoms with van der Waals surface area (Å²) in [5.41, 5.74) is 21.9. The van der Waals surface area contributed by atoms with Crippen LogP contribution in [0.15, 0.2) is 241 Å². The molecule has 133 heavy (non-hydrogen) atoms. The van der Waals surface area contributed by atoms with Crippen LogP contribution < -0.4 is 26.6 Å². The van der Waals surface area contributed by atoms with E-state index in [4.69, 9.17) is 60.8 Å². The summed E-state index contributed by atoms with van der Waals surface area (Å²) in [6.45, 7) is 16.4. The van der Waals surface area contributed by atoms with Gasteiger partial charge in [0.2, 0.25) is 0 Å². The molecule has 0 bridgehead atoms. The molecular formula is C94H87Cl2N23O13S. The highest BCUT2D eigenvalue weighted by Crippen LogP contribution is 2.52. The van der Waals surface area contributed by atoms with Crippen LogP contribution in [0.3, 0.4) is 0 Å². The number of aromatic amines is 5. The Morgan fingerprint density at radius 3 is 1.03 bits per heavy atom. The van der Waals surface area contributed by atoms with Gasteiger partial charge in [-0.05, 0) is 155 Å². The van der Waals surface area contributed by atoms with Crippen LogP contribution in [0.25, 0.3) is 55.5 Å². The van der Waals surface area contributed by atoms with Crippen LogP contribution in [0.1, 0.15) is 177 Å². The number of esters is 5. The summed E-state index contributed by atoms with van der Waals surface area (Å²) < 4.78 is 50.4. The third-order valence-electron chi connectivity index (χ3n) is 22.7. The maximum absolute atomic E-state index is 13.2. The molecule has 0 spiro atoms. The minimum Gasteiger partial charge on any atom is -0.463 e. The van der Waals surface area contributed by atoms with E-state index in [1.165, 1.54) is 11.7 Å². The molecule has 36 nitrogen and oxygen atoms in total. The van der Waals surface area contributed by atoms with Crippen molar-refractivity contribution in [3.05, 3.63) is 304 Å². The average molecular weight is 1850 g/mol. The monoisotopic (exact) mass is 1850 g/mol. The number of carbonyl (C=O) groups excluding carboxylic acids is 5. The van der Waals surface area contributed by atoms with Crippen LogP contribution in [0.5, 0.6) is 0 Å². The van der Waals surface area contributed by atoms with Gasteiger partial charge in [-0.15, -0.1) is 0 Å². The van der Waals surface area contributed by atoms with E-state index in [-0.39, 0.29) is 48.9 Å². The minimum absolute atomic E-state index is 0.263. The summed E-state index contributed by atoms with van der Waals surface area (Å²) in [5, 5.41) is 76.8. The van der Waals surface area contributed by atoms with Gasteiger partial charge < -0.3 is 50.3 Å². The van der Waals surface area contributed by atoms with E-state index in [0.717, 1.165) is 138 Å². The number of allylic oxidation sites excluding steroid dienone is 3. The second-order valence-corrected chi connectivity index (χ2v) is 31.9. The number of halogens is 2. The molecular weight excluding hydrogens is 1760 g/mol. The third-order valence-corrected chi connectivity index (χ3v) is 24.1. The van der Waals surface area contributed by atoms with Gasteiger partial charge >= 0.3 is 29.8 Å². The molecule has 16 aromatic rings. The van der Waals surface area contributed by atoms with Crippen LogP contribution in [-0.4, -0.2) is 154 Å². The Bertz CT molecular complexity index is 7020. The van der Waals surface area contributed by atoms with E-state index in [2.05, 4.69) is 131 Å². The zero-order valence-corrected chi connectivity index (χ0v) is 75.2. The topological polar surface area (TPSA) is 478 Å². The second-order valence-electron chi connectivity index (χ2n) is 30.6. The number of hydrogen-bond donors (Lipinski definition) is 10. The van der Waals surface area contributed by atoms with Crippen molar-refractivity contribution in [2.75, 3.05) is 59.6 Å². The molecule has 5 aliphatic rings. The van der Waals surface area contributed by atoms with Crippen molar-refractivity contribution in [1.82, 2.24) is 90.7 Å². The maximum atomic E-state index is 13.2. The molecule has 7 aromatic carbocycles. The SMILES string of the molecule is CCCC1=C(C(=O)OCC)C(c2cccc3nonc23)c2cn[nH]c2N1.CCCC1=C(C(=O)OCC)C(c2cccc3nsnc23)c2cn[nH]c2N1.CCOC(=O)C1=C(C)Nc2[nH]ncc2C1c1cccc2nonc12.CCOC(=O)C1=C(c2ccccc2)Nc2[nH]ncc2C1c1cccc(Cl)c1Cl.CCOC(=O)C1=C(c2ccccc2)Nc2[nH]ncc2C1c1cccc2nonc12. The lowest BCUT2D eigenvalue weighted by atomic mass is 9.81. The highest BCUT2D eigenvalue weighted by Gasteiger charge is 2.43. The lowest BCUT2D eigenvalue weighted by Gasteiger charge is -2.29. The van der Waals surface area contributed by atoms with Gasteiger partial charge in [0.25, 0.3) is 0 Å². The predicted molar refractivity (Wildman–Crippen MR) is 496 cm³/mol. The van der Waals surface area contributed by atoms with E-state index in [1.807, 2.05) is 159 Å². The summed E-state index contributed by atoms with van der Waals surface area (Å²) >= 11 is 14.0. The van der Waals surface area contributed by atoms with E-state index in [1.54, 1.807) is 64.7 Å². The second kappa shape index (κ2) is 40.1. The number of fused-ring (bicyclic) bond motifs is 9. The molecule has 10 N–H and O–H groups in total. The first-order valence-electron chi connectivity index (χ1n) is 43.0. The first-order valence-corrected chi connectivity index (χ1v) is 44.5. The number of H-pyrrole nitrogens is 5. The van der Waals surface area contributed by atoms with E-state index >= 15 is 0 Å². The zero-order chi connectivity index (χ0) is 92.3. The predicted octanol–water partition coefficient (Wildman–Crippen LogP) is 17.8. The van der Waals surface area contributed by atoms with Gasteiger partial charge in [-0.2, -0.15) is 34.2 Å². The normalized spacial score (nSPS) is 16.2. The molecule has 39 heteroatoms. The molecule has 0 amide bonds. The van der Waals surface area contributed by atoms with Gasteiger partial charge in [0, 0.05) is 44.9 Å². The molecule has 5 aliphatic heterocycles. The quantitative estimate of drug-likeness (QED) is 0.0236. The summed E-state index contributed by atoms with van der Waals surface area (Å²) in [6, 6.07) is 47.4.